The molecule has 0 bridgehead atoms. The Kier molecular flexibility index (Phi) is 9.50. The first-order valence-corrected chi connectivity index (χ1v) is 11.1. The van der Waals surface area contributed by atoms with Crippen molar-refractivity contribution in [3.8, 4) is 0 Å². The van der Waals surface area contributed by atoms with E-state index in [1.807, 2.05) is 62.5 Å². The van der Waals surface area contributed by atoms with E-state index in [1.165, 1.54) is 0 Å². The van der Waals surface area contributed by atoms with Gasteiger partial charge in [0.05, 0.1) is 5.56 Å². The summed E-state index contributed by atoms with van der Waals surface area (Å²) in [5.41, 5.74) is 2.51. The molecule has 0 atom stereocenters. The number of benzene rings is 2. The Balaban J connectivity index is 2.04. The molecule has 0 heterocycles. The predicted molar refractivity (Wildman–Crippen MR) is 125 cm³/mol. The van der Waals surface area contributed by atoms with Gasteiger partial charge in [0, 0.05) is 55.8 Å². The summed E-state index contributed by atoms with van der Waals surface area (Å²) >= 11 is 1.64. The van der Waals surface area contributed by atoms with Crippen molar-refractivity contribution >= 4 is 40.8 Å². The quantitative estimate of drug-likeness (QED) is 0.387. The van der Waals surface area contributed by atoms with Crippen LogP contribution in [-0.4, -0.2) is 52.0 Å². The number of carbonyl (C=O) groups is 2. The van der Waals surface area contributed by atoms with E-state index < -0.39 is 0 Å². The van der Waals surface area contributed by atoms with Crippen LogP contribution in [0.15, 0.2) is 47.4 Å². The highest BCUT2D eigenvalue weighted by Crippen LogP contribution is 2.23. The third kappa shape index (κ3) is 7.27. The third-order valence-electron chi connectivity index (χ3n) is 4.28. The number of hydrogen-bond acceptors (Lipinski definition) is 5. The highest BCUT2D eigenvalue weighted by Gasteiger charge is 2.14. The second-order valence-corrected chi connectivity index (χ2v) is 7.62. The Morgan fingerprint density at radius 3 is 2.33 bits per heavy atom. The lowest BCUT2D eigenvalue weighted by atomic mass is 10.1. The maximum Gasteiger partial charge on any atom is 0.323 e. The van der Waals surface area contributed by atoms with Crippen LogP contribution in [0.4, 0.5) is 21.9 Å². The highest BCUT2D eigenvalue weighted by molar-refractivity contribution is 7.98. The largest absolute Gasteiger partial charge is 0.382 e. The van der Waals surface area contributed by atoms with Gasteiger partial charge in [-0.05, 0) is 62.1 Å². The number of amides is 3. The van der Waals surface area contributed by atoms with Gasteiger partial charge >= 0.3 is 6.03 Å². The van der Waals surface area contributed by atoms with Gasteiger partial charge in [-0.25, -0.2) is 4.79 Å². The summed E-state index contributed by atoms with van der Waals surface area (Å²) in [6.45, 7) is 3.74. The minimum atomic E-state index is -0.368. The fraction of sp³-hybridized carbons (Fsp3) is 0.364. The van der Waals surface area contributed by atoms with Crippen molar-refractivity contribution in [2.75, 3.05) is 55.6 Å². The van der Waals surface area contributed by atoms with E-state index in [2.05, 4.69) is 16.0 Å². The predicted octanol–water partition coefficient (Wildman–Crippen LogP) is 4.27. The Hall–Kier alpha value is -2.71. The standard InChI is InChI=1S/C22H30N4O3S/c1-5-29-14-6-13-23-21(27)19-15-17(9-12-20(19)26(2)3)25-22(28)24-16-7-10-18(30-4)11-8-16/h7-12,15H,5-6,13-14H2,1-4H3,(H,23,27)(H2,24,25,28). The number of ether oxygens (including phenoxy) is 1. The average Bonchev–Trinajstić information content (AvgIpc) is 2.73. The number of urea groups is 1. The molecule has 0 fully saturated rings. The molecule has 0 unspecified atom stereocenters. The summed E-state index contributed by atoms with van der Waals surface area (Å²) in [6, 6.07) is 12.5. The zero-order valence-corrected chi connectivity index (χ0v) is 18.8. The number of carbonyl (C=O) groups excluding carboxylic acids is 2. The van der Waals surface area contributed by atoms with Gasteiger partial charge < -0.3 is 25.6 Å². The minimum absolute atomic E-state index is 0.188. The first-order valence-electron chi connectivity index (χ1n) is 9.84. The molecule has 0 radical (unpaired) electrons. The van der Waals surface area contributed by atoms with Crippen LogP contribution in [0.3, 0.4) is 0 Å². The molecule has 0 aromatic heterocycles. The first-order chi connectivity index (χ1) is 14.4. The van der Waals surface area contributed by atoms with E-state index in [9.17, 15) is 9.59 Å². The number of hydrogen-bond donors (Lipinski definition) is 3. The monoisotopic (exact) mass is 430 g/mol. The highest BCUT2D eigenvalue weighted by atomic mass is 32.2. The van der Waals surface area contributed by atoms with Crippen LogP contribution in [-0.2, 0) is 4.74 Å². The van der Waals surface area contributed by atoms with Crippen LogP contribution in [0.25, 0.3) is 0 Å². The fourth-order valence-electron chi connectivity index (χ4n) is 2.77. The molecule has 7 nitrogen and oxygen atoms in total. The van der Waals surface area contributed by atoms with Crippen LogP contribution in [0.1, 0.15) is 23.7 Å². The molecule has 0 spiro atoms. The Morgan fingerprint density at radius 1 is 1.03 bits per heavy atom. The molecule has 0 aliphatic rings. The van der Waals surface area contributed by atoms with Gasteiger partial charge in [-0.15, -0.1) is 11.8 Å². The van der Waals surface area contributed by atoms with Gasteiger partial charge in [0.1, 0.15) is 0 Å². The summed E-state index contributed by atoms with van der Waals surface area (Å²) in [4.78, 5) is 28.0. The lowest BCUT2D eigenvalue weighted by molar-refractivity contribution is 0.0944. The summed E-state index contributed by atoms with van der Waals surface area (Å²) in [5.74, 6) is -0.188. The Morgan fingerprint density at radius 2 is 1.70 bits per heavy atom. The Labute approximate surface area is 182 Å². The van der Waals surface area contributed by atoms with E-state index in [1.54, 1.807) is 23.9 Å². The summed E-state index contributed by atoms with van der Waals surface area (Å²) in [7, 11) is 3.75. The molecule has 2 aromatic rings. The zero-order valence-electron chi connectivity index (χ0n) is 18.0. The second kappa shape index (κ2) is 12.1. The number of nitrogens with zero attached hydrogens (tertiary/aromatic N) is 1. The molecule has 3 N–H and O–H groups in total. The van der Waals surface area contributed by atoms with Crippen LogP contribution in [0.2, 0.25) is 0 Å². The van der Waals surface area contributed by atoms with E-state index in [4.69, 9.17) is 4.74 Å². The minimum Gasteiger partial charge on any atom is -0.382 e. The van der Waals surface area contributed by atoms with Gasteiger partial charge in [-0.3, -0.25) is 4.79 Å². The molecular weight excluding hydrogens is 400 g/mol. The van der Waals surface area contributed by atoms with Crippen molar-refractivity contribution in [1.82, 2.24) is 5.32 Å². The number of rotatable bonds is 10. The van der Waals surface area contributed by atoms with E-state index >= 15 is 0 Å². The van der Waals surface area contributed by atoms with E-state index in [-0.39, 0.29) is 11.9 Å². The molecule has 3 amide bonds. The van der Waals surface area contributed by atoms with Crippen LogP contribution in [0, 0.1) is 0 Å². The molecule has 2 rings (SSSR count). The van der Waals surface area contributed by atoms with Crippen molar-refractivity contribution in [3.63, 3.8) is 0 Å². The maximum atomic E-state index is 12.7. The molecule has 0 aliphatic heterocycles. The average molecular weight is 431 g/mol. The van der Waals surface area contributed by atoms with Gasteiger partial charge in [-0.1, -0.05) is 0 Å². The molecule has 8 heteroatoms. The van der Waals surface area contributed by atoms with Crippen LogP contribution >= 0.6 is 11.8 Å². The molecule has 2 aromatic carbocycles. The third-order valence-corrected chi connectivity index (χ3v) is 5.03. The normalized spacial score (nSPS) is 10.4. The molecule has 0 saturated carbocycles. The molecule has 30 heavy (non-hydrogen) atoms. The lowest BCUT2D eigenvalue weighted by Crippen LogP contribution is -2.27. The topological polar surface area (TPSA) is 82.7 Å². The van der Waals surface area contributed by atoms with Gasteiger partial charge in [0.2, 0.25) is 0 Å². The SMILES string of the molecule is CCOCCCNC(=O)c1cc(NC(=O)Nc2ccc(SC)cc2)ccc1N(C)C. The van der Waals surface area contributed by atoms with Crippen molar-refractivity contribution < 1.29 is 14.3 Å². The lowest BCUT2D eigenvalue weighted by Gasteiger charge is -2.18. The number of thioether (sulfide) groups is 1. The van der Waals surface area contributed by atoms with Gasteiger partial charge in [-0.2, -0.15) is 0 Å². The van der Waals surface area contributed by atoms with Crippen molar-refractivity contribution in [1.29, 1.82) is 0 Å². The van der Waals surface area contributed by atoms with Gasteiger partial charge in [0.15, 0.2) is 0 Å². The van der Waals surface area contributed by atoms with Crippen molar-refractivity contribution in [3.05, 3.63) is 48.0 Å². The van der Waals surface area contributed by atoms with Crippen molar-refractivity contribution in [2.45, 2.75) is 18.2 Å². The molecular formula is C22H30N4O3S. The molecule has 0 saturated heterocycles. The summed E-state index contributed by atoms with van der Waals surface area (Å²) in [5, 5.41) is 8.50. The van der Waals surface area contributed by atoms with Crippen LogP contribution < -0.4 is 20.9 Å². The maximum absolute atomic E-state index is 12.7. The van der Waals surface area contributed by atoms with Crippen molar-refractivity contribution in [2.24, 2.45) is 0 Å². The zero-order chi connectivity index (χ0) is 21.9. The first kappa shape index (κ1) is 23.6. The van der Waals surface area contributed by atoms with Crippen LogP contribution in [0.5, 0.6) is 0 Å². The molecule has 0 aliphatic carbocycles. The van der Waals surface area contributed by atoms with E-state index in [0.29, 0.717) is 36.7 Å². The smallest absolute Gasteiger partial charge is 0.323 e. The molecule has 162 valence electrons. The second-order valence-electron chi connectivity index (χ2n) is 6.74. The number of nitrogens with one attached hydrogen (secondary N) is 3. The van der Waals surface area contributed by atoms with E-state index in [0.717, 1.165) is 17.0 Å². The summed E-state index contributed by atoms with van der Waals surface area (Å²) in [6.07, 6.45) is 2.74. The summed E-state index contributed by atoms with van der Waals surface area (Å²) < 4.78 is 5.29. The Bertz CT molecular complexity index is 841. The number of anilines is 3. The fourth-order valence-corrected chi connectivity index (χ4v) is 3.18. The van der Waals surface area contributed by atoms with Gasteiger partial charge in [0.25, 0.3) is 5.91 Å².